The van der Waals surface area contributed by atoms with E-state index < -0.39 is 10.0 Å². The number of aromatic amines is 1. The first-order valence-electron chi connectivity index (χ1n) is 13.8. The van der Waals surface area contributed by atoms with Crippen molar-refractivity contribution in [1.82, 2.24) is 14.2 Å². The van der Waals surface area contributed by atoms with Crippen molar-refractivity contribution in [3.8, 4) is 0 Å². The molecule has 0 aliphatic heterocycles. The summed E-state index contributed by atoms with van der Waals surface area (Å²) in [5.74, 6) is -0.252. The molecule has 1 aliphatic rings. The van der Waals surface area contributed by atoms with Crippen molar-refractivity contribution in [1.29, 1.82) is 0 Å². The summed E-state index contributed by atoms with van der Waals surface area (Å²) in [7, 11) is -3.86. The van der Waals surface area contributed by atoms with Gasteiger partial charge in [0.2, 0.25) is 15.9 Å². The van der Waals surface area contributed by atoms with Gasteiger partial charge in [-0.2, -0.15) is 4.31 Å². The average Bonchev–Trinajstić information content (AvgIpc) is 3.70. The van der Waals surface area contributed by atoms with Gasteiger partial charge in [0, 0.05) is 36.2 Å². The minimum Gasteiger partial charge on any atom is -0.361 e. The van der Waals surface area contributed by atoms with Crippen LogP contribution in [0.2, 0.25) is 10.0 Å². The molecule has 1 fully saturated rings. The van der Waals surface area contributed by atoms with Gasteiger partial charge in [-0.3, -0.25) is 4.79 Å². The second-order valence-corrected chi connectivity index (χ2v) is 14.4. The topological polar surface area (TPSA) is 73.5 Å². The van der Waals surface area contributed by atoms with Crippen LogP contribution in [0.15, 0.2) is 77.8 Å². The number of nitrogens with zero attached hydrogens (tertiary/aromatic N) is 2. The maximum absolute atomic E-state index is 13.9. The number of para-hydroxylation sites is 1. The van der Waals surface area contributed by atoms with Crippen molar-refractivity contribution in [2.24, 2.45) is 0 Å². The molecule has 3 aromatic carbocycles. The maximum Gasteiger partial charge on any atom is 0.243 e. The molecule has 0 radical (unpaired) electrons. The Hall–Kier alpha value is -2.84. The third-order valence-corrected chi connectivity index (χ3v) is 10.3. The number of amides is 1. The van der Waals surface area contributed by atoms with E-state index in [9.17, 15) is 13.2 Å². The maximum atomic E-state index is 13.9. The summed E-state index contributed by atoms with van der Waals surface area (Å²) in [5.41, 5.74) is 3.91. The fourth-order valence-corrected chi connectivity index (χ4v) is 6.97. The van der Waals surface area contributed by atoms with Gasteiger partial charge in [0.1, 0.15) is 0 Å². The molecule has 4 aromatic rings. The van der Waals surface area contributed by atoms with Crippen LogP contribution in [0.4, 0.5) is 0 Å². The first-order valence-corrected chi connectivity index (χ1v) is 16.0. The lowest BCUT2D eigenvalue weighted by Gasteiger charge is -2.28. The average molecular weight is 613 g/mol. The molecular formula is C32H35Cl2N3O3S. The zero-order valence-corrected chi connectivity index (χ0v) is 25.9. The van der Waals surface area contributed by atoms with Crippen molar-refractivity contribution < 1.29 is 13.2 Å². The molecule has 1 heterocycles. The molecule has 1 saturated carbocycles. The molecule has 1 N–H and O–H groups in total. The second-order valence-electron chi connectivity index (χ2n) is 11.7. The molecular weight excluding hydrogens is 577 g/mol. The van der Waals surface area contributed by atoms with E-state index in [1.807, 2.05) is 42.6 Å². The molecule has 6 nitrogen and oxygen atoms in total. The molecule has 9 heteroatoms. The Morgan fingerprint density at radius 1 is 0.976 bits per heavy atom. The molecule has 0 unspecified atom stereocenters. The summed E-state index contributed by atoms with van der Waals surface area (Å²) >= 11 is 12.4. The third kappa shape index (κ3) is 6.81. The monoisotopic (exact) mass is 611 g/mol. The molecule has 41 heavy (non-hydrogen) atoms. The van der Waals surface area contributed by atoms with Gasteiger partial charge in [-0.15, -0.1) is 0 Å². The molecule has 0 atom stereocenters. The van der Waals surface area contributed by atoms with Gasteiger partial charge in [0.15, 0.2) is 0 Å². The number of H-pyrrole nitrogens is 1. The SMILES string of the molecule is CC(C)(C)c1ccc(S(=O)(=O)N(CC(=O)N(CCc2c[nH]c3ccccc23)Cc2ccc(Cl)c(Cl)c2)C2CC2)cc1. The summed E-state index contributed by atoms with van der Waals surface area (Å²) in [6.07, 6.45) is 4.07. The summed E-state index contributed by atoms with van der Waals surface area (Å²) in [5, 5.41) is 1.96. The van der Waals surface area contributed by atoms with Crippen LogP contribution in [0.25, 0.3) is 10.9 Å². The number of sulfonamides is 1. The Bertz CT molecular complexity index is 1660. The zero-order valence-electron chi connectivity index (χ0n) is 23.5. The first kappa shape index (κ1) is 29.6. The van der Waals surface area contributed by atoms with Crippen molar-refractivity contribution in [2.45, 2.75) is 62.9 Å². The first-order chi connectivity index (χ1) is 19.4. The minimum absolute atomic E-state index is 0.0930. The number of hydrogen-bond acceptors (Lipinski definition) is 3. The van der Waals surface area contributed by atoms with E-state index in [0.717, 1.165) is 40.4 Å². The van der Waals surface area contributed by atoms with E-state index in [-0.39, 0.29) is 35.3 Å². The highest BCUT2D eigenvalue weighted by Gasteiger charge is 2.40. The number of fused-ring (bicyclic) bond motifs is 1. The van der Waals surface area contributed by atoms with Crippen LogP contribution in [0.5, 0.6) is 0 Å². The van der Waals surface area contributed by atoms with E-state index in [4.69, 9.17) is 23.2 Å². The van der Waals surface area contributed by atoms with Crippen molar-refractivity contribution in [2.75, 3.05) is 13.1 Å². The van der Waals surface area contributed by atoms with Crippen LogP contribution in [-0.4, -0.2) is 47.6 Å². The van der Waals surface area contributed by atoms with E-state index in [0.29, 0.717) is 23.0 Å². The number of carbonyl (C=O) groups excluding carboxylic acids is 1. The Kier molecular flexibility index (Phi) is 8.53. The predicted molar refractivity (Wildman–Crippen MR) is 166 cm³/mol. The summed E-state index contributed by atoms with van der Waals surface area (Å²) in [6, 6.07) is 20.2. The largest absolute Gasteiger partial charge is 0.361 e. The van der Waals surface area contributed by atoms with Crippen LogP contribution in [-0.2, 0) is 33.2 Å². The Morgan fingerprint density at radius 3 is 2.34 bits per heavy atom. The van der Waals surface area contributed by atoms with Gasteiger partial charge >= 0.3 is 0 Å². The van der Waals surface area contributed by atoms with E-state index in [1.54, 1.807) is 29.2 Å². The summed E-state index contributed by atoms with van der Waals surface area (Å²) in [4.78, 5) is 19.1. The molecule has 0 bridgehead atoms. The highest BCUT2D eigenvalue weighted by atomic mass is 35.5. The Morgan fingerprint density at radius 2 is 1.68 bits per heavy atom. The van der Waals surface area contributed by atoms with Crippen LogP contribution in [0.3, 0.4) is 0 Å². The van der Waals surface area contributed by atoms with Gasteiger partial charge in [0.25, 0.3) is 0 Å². The molecule has 0 spiro atoms. The van der Waals surface area contributed by atoms with E-state index in [1.165, 1.54) is 4.31 Å². The molecule has 216 valence electrons. The highest BCUT2D eigenvalue weighted by molar-refractivity contribution is 7.89. The number of rotatable bonds is 10. The van der Waals surface area contributed by atoms with Gasteiger partial charge < -0.3 is 9.88 Å². The fraction of sp³-hybridized carbons (Fsp3) is 0.344. The van der Waals surface area contributed by atoms with Gasteiger partial charge in [-0.25, -0.2) is 8.42 Å². The fourth-order valence-electron chi connectivity index (χ4n) is 5.01. The van der Waals surface area contributed by atoms with Crippen LogP contribution in [0.1, 0.15) is 50.3 Å². The van der Waals surface area contributed by atoms with Crippen LogP contribution >= 0.6 is 23.2 Å². The number of aromatic nitrogens is 1. The Labute approximate surface area is 252 Å². The smallest absolute Gasteiger partial charge is 0.243 e. The van der Waals surface area contributed by atoms with Crippen LogP contribution < -0.4 is 0 Å². The predicted octanol–water partition coefficient (Wildman–Crippen LogP) is 7.20. The van der Waals surface area contributed by atoms with E-state index in [2.05, 4.69) is 31.8 Å². The number of nitrogens with one attached hydrogen (secondary N) is 1. The molecule has 1 aliphatic carbocycles. The number of halogens is 2. The van der Waals surface area contributed by atoms with Crippen molar-refractivity contribution in [3.05, 3.63) is 99.7 Å². The third-order valence-electron chi connectivity index (χ3n) is 7.61. The number of hydrogen-bond donors (Lipinski definition) is 1. The normalized spacial score (nSPS) is 14.1. The lowest BCUT2D eigenvalue weighted by Crippen LogP contribution is -2.44. The summed E-state index contributed by atoms with van der Waals surface area (Å²) < 4.78 is 29.0. The number of benzene rings is 3. The molecule has 0 saturated heterocycles. The van der Waals surface area contributed by atoms with Gasteiger partial charge in [0.05, 0.1) is 21.5 Å². The quantitative estimate of drug-likeness (QED) is 0.206. The lowest BCUT2D eigenvalue weighted by molar-refractivity contribution is -0.132. The van der Waals surface area contributed by atoms with Crippen molar-refractivity contribution in [3.63, 3.8) is 0 Å². The van der Waals surface area contributed by atoms with E-state index >= 15 is 0 Å². The molecule has 1 aromatic heterocycles. The molecule has 5 rings (SSSR count). The van der Waals surface area contributed by atoms with Gasteiger partial charge in [-0.05, 0) is 71.7 Å². The Balaban J connectivity index is 1.39. The zero-order chi connectivity index (χ0) is 29.4. The molecule has 1 amide bonds. The van der Waals surface area contributed by atoms with Crippen LogP contribution in [0, 0.1) is 0 Å². The van der Waals surface area contributed by atoms with Crippen molar-refractivity contribution >= 4 is 50.0 Å². The van der Waals surface area contributed by atoms with Gasteiger partial charge in [-0.1, -0.05) is 80.4 Å². The minimum atomic E-state index is -3.86. The standard InChI is InChI=1S/C32H35Cl2N3O3S/c1-32(2,3)24-9-13-26(14-10-24)41(39,40)37(25-11-12-25)21-31(38)36(20-22-8-15-28(33)29(34)18-22)17-16-23-19-35-30-7-5-4-6-27(23)30/h4-10,13-15,18-19,25,35H,11-12,16-17,20-21H2,1-3H3. The highest BCUT2D eigenvalue weighted by Crippen LogP contribution is 2.33. The number of carbonyl (C=O) groups is 1. The lowest BCUT2D eigenvalue weighted by atomic mass is 9.87. The summed E-state index contributed by atoms with van der Waals surface area (Å²) in [6.45, 7) is 6.75. The second kappa shape index (κ2) is 11.8.